The third-order valence-electron chi connectivity index (χ3n) is 3.23. The summed E-state index contributed by atoms with van der Waals surface area (Å²) in [5, 5.41) is 0. The smallest absolute Gasteiger partial charge is 0.268 e. The van der Waals surface area contributed by atoms with Gasteiger partial charge in [0.1, 0.15) is 11.5 Å². The maximum absolute atomic E-state index is 11.5. The van der Waals surface area contributed by atoms with Gasteiger partial charge in [-0.3, -0.25) is 15.1 Å². The Labute approximate surface area is 112 Å². The van der Waals surface area contributed by atoms with Gasteiger partial charge in [-0.15, -0.1) is 0 Å². The molecule has 6 nitrogen and oxygen atoms in total. The lowest BCUT2D eigenvalue weighted by Gasteiger charge is -2.37. The number of hydrazine groups is 1. The number of hydrogen-bond donors (Lipinski definition) is 2. The van der Waals surface area contributed by atoms with E-state index in [4.69, 9.17) is 15.0 Å². The van der Waals surface area contributed by atoms with Gasteiger partial charge < -0.3 is 9.15 Å². The van der Waals surface area contributed by atoms with Crippen molar-refractivity contribution >= 4 is 5.91 Å². The second-order valence-electron chi connectivity index (χ2n) is 5.47. The van der Waals surface area contributed by atoms with E-state index in [0.717, 1.165) is 18.8 Å². The van der Waals surface area contributed by atoms with Gasteiger partial charge in [0, 0.05) is 13.1 Å². The first-order valence-corrected chi connectivity index (χ1v) is 6.38. The van der Waals surface area contributed by atoms with Crippen LogP contribution in [0.15, 0.2) is 10.5 Å². The molecule has 1 saturated heterocycles. The Morgan fingerprint density at radius 2 is 2.32 bits per heavy atom. The van der Waals surface area contributed by atoms with E-state index in [9.17, 15) is 4.79 Å². The molecule has 1 amide bonds. The van der Waals surface area contributed by atoms with E-state index in [2.05, 4.69) is 24.2 Å². The van der Waals surface area contributed by atoms with Crippen LogP contribution in [0.3, 0.4) is 0 Å². The molecule has 0 aliphatic carbocycles. The molecule has 0 spiro atoms. The van der Waals surface area contributed by atoms with Gasteiger partial charge in [-0.05, 0) is 26.8 Å². The van der Waals surface area contributed by atoms with Crippen LogP contribution in [0.25, 0.3) is 0 Å². The van der Waals surface area contributed by atoms with E-state index >= 15 is 0 Å². The summed E-state index contributed by atoms with van der Waals surface area (Å²) in [7, 11) is 0. The molecule has 1 aliphatic rings. The second kappa shape index (κ2) is 5.32. The first-order chi connectivity index (χ1) is 8.91. The molecule has 1 aromatic heterocycles. The van der Waals surface area contributed by atoms with Gasteiger partial charge in [0.05, 0.1) is 24.3 Å². The Morgan fingerprint density at radius 3 is 2.95 bits per heavy atom. The van der Waals surface area contributed by atoms with Crippen molar-refractivity contribution < 1.29 is 13.9 Å². The highest BCUT2D eigenvalue weighted by Gasteiger charge is 2.28. The number of nitrogen functional groups attached to an aromatic ring is 1. The van der Waals surface area contributed by atoms with Crippen molar-refractivity contribution in [1.82, 2.24) is 10.3 Å². The summed E-state index contributed by atoms with van der Waals surface area (Å²) in [4.78, 5) is 13.8. The van der Waals surface area contributed by atoms with Crippen molar-refractivity contribution in [3.8, 4) is 0 Å². The largest absolute Gasteiger partial charge is 0.464 e. The van der Waals surface area contributed by atoms with Crippen molar-refractivity contribution in [2.24, 2.45) is 5.84 Å². The number of amides is 1. The number of morpholine rings is 1. The lowest BCUT2D eigenvalue weighted by molar-refractivity contribution is -0.0894. The van der Waals surface area contributed by atoms with E-state index in [1.807, 2.05) is 0 Å². The number of carbonyl (C=O) groups is 1. The molecule has 0 atom stereocenters. The number of rotatable bonds is 3. The standard InChI is InChI=1S/C13H21N3O3/c1-9-11(12(17)15-14)6-10(19-9)7-16-4-5-18-13(2,3)8-16/h6H,4-5,7-8,14H2,1-3H3,(H,15,17). The lowest BCUT2D eigenvalue weighted by atomic mass is 10.1. The molecule has 1 aromatic rings. The molecule has 2 rings (SSSR count). The van der Waals surface area contributed by atoms with Gasteiger partial charge >= 0.3 is 0 Å². The van der Waals surface area contributed by atoms with Crippen molar-refractivity contribution in [3.63, 3.8) is 0 Å². The fourth-order valence-electron chi connectivity index (χ4n) is 2.39. The van der Waals surface area contributed by atoms with Crippen LogP contribution in [-0.4, -0.2) is 36.1 Å². The summed E-state index contributed by atoms with van der Waals surface area (Å²) in [5.74, 6) is 6.17. The highest BCUT2D eigenvalue weighted by molar-refractivity contribution is 5.94. The van der Waals surface area contributed by atoms with E-state index in [0.29, 0.717) is 24.5 Å². The van der Waals surface area contributed by atoms with E-state index in [-0.39, 0.29) is 11.5 Å². The fraction of sp³-hybridized carbons (Fsp3) is 0.615. The normalized spacial score (nSPS) is 19.4. The molecule has 1 fully saturated rings. The van der Waals surface area contributed by atoms with Crippen LogP contribution in [0, 0.1) is 6.92 Å². The minimum absolute atomic E-state index is 0.142. The van der Waals surface area contributed by atoms with Crippen LogP contribution < -0.4 is 11.3 Å². The summed E-state index contributed by atoms with van der Waals surface area (Å²) in [6.45, 7) is 8.98. The van der Waals surface area contributed by atoms with Crippen LogP contribution in [0.4, 0.5) is 0 Å². The number of nitrogens with two attached hydrogens (primary N) is 1. The first-order valence-electron chi connectivity index (χ1n) is 6.38. The Hall–Kier alpha value is -1.37. The van der Waals surface area contributed by atoms with Crippen LogP contribution >= 0.6 is 0 Å². The zero-order valence-electron chi connectivity index (χ0n) is 11.7. The molecule has 3 N–H and O–H groups in total. The van der Waals surface area contributed by atoms with Crippen molar-refractivity contribution in [1.29, 1.82) is 0 Å². The summed E-state index contributed by atoms with van der Waals surface area (Å²) < 4.78 is 11.3. The molecule has 0 unspecified atom stereocenters. The monoisotopic (exact) mass is 267 g/mol. The molecule has 0 radical (unpaired) electrons. The molecule has 19 heavy (non-hydrogen) atoms. The van der Waals surface area contributed by atoms with Crippen LogP contribution in [0.5, 0.6) is 0 Å². The number of nitrogens with one attached hydrogen (secondary N) is 1. The van der Waals surface area contributed by atoms with Gasteiger partial charge in [-0.25, -0.2) is 5.84 Å². The highest BCUT2D eigenvalue weighted by Crippen LogP contribution is 2.21. The zero-order valence-corrected chi connectivity index (χ0v) is 11.7. The molecule has 0 bridgehead atoms. The zero-order chi connectivity index (χ0) is 14.0. The molecule has 0 aromatic carbocycles. The third kappa shape index (κ3) is 3.34. The lowest BCUT2D eigenvalue weighted by Crippen LogP contribution is -2.47. The Bertz CT molecular complexity index is 468. The van der Waals surface area contributed by atoms with Crippen LogP contribution in [0.2, 0.25) is 0 Å². The first kappa shape index (κ1) is 14.0. The van der Waals surface area contributed by atoms with E-state index in [1.54, 1.807) is 13.0 Å². The predicted octanol–water partition coefficient (Wildman–Crippen LogP) is 0.802. The quantitative estimate of drug-likeness (QED) is 0.481. The maximum atomic E-state index is 11.5. The van der Waals surface area contributed by atoms with Gasteiger partial charge in [-0.2, -0.15) is 0 Å². The minimum atomic E-state index is -0.324. The third-order valence-corrected chi connectivity index (χ3v) is 3.23. The summed E-state index contributed by atoms with van der Waals surface area (Å²) in [5.41, 5.74) is 2.47. The van der Waals surface area contributed by atoms with Crippen LogP contribution in [-0.2, 0) is 11.3 Å². The molecule has 106 valence electrons. The SMILES string of the molecule is Cc1oc(CN2CCOC(C)(C)C2)cc1C(=O)NN. The molecule has 0 saturated carbocycles. The summed E-state index contributed by atoms with van der Waals surface area (Å²) in [6, 6.07) is 1.75. The topological polar surface area (TPSA) is 80.7 Å². The Kier molecular flexibility index (Phi) is 3.93. The molecule has 6 heteroatoms. The van der Waals surface area contributed by atoms with Crippen LogP contribution in [0.1, 0.15) is 35.7 Å². The number of ether oxygens (including phenoxy) is 1. The van der Waals surface area contributed by atoms with Crippen molar-refractivity contribution in [2.45, 2.75) is 32.9 Å². The van der Waals surface area contributed by atoms with Crippen molar-refractivity contribution in [2.75, 3.05) is 19.7 Å². The Balaban J connectivity index is 2.05. The van der Waals surface area contributed by atoms with E-state index in [1.165, 1.54) is 0 Å². The van der Waals surface area contributed by atoms with E-state index < -0.39 is 0 Å². The van der Waals surface area contributed by atoms with Crippen molar-refractivity contribution in [3.05, 3.63) is 23.2 Å². The average Bonchev–Trinajstić information content (AvgIpc) is 2.68. The summed E-state index contributed by atoms with van der Waals surface area (Å²) in [6.07, 6.45) is 0. The van der Waals surface area contributed by atoms with Gasteiger partial charge in [-0.1, -0.05) is 0 Å². The molecular formula is C13H21N3O3. The highest BCUT2D eigenvalue weighted by atomic mass is 16.5. The number of aryl methyl sites for hydroxylation is 1. The fourth-order valence-corrected chi connectivity index (χ4v) is 2.39. The van der Waals surface area contributed by atoms with Gasteiger partial charge in [0.2, 0.25) is 0 Å². The molecular weight excluding hydrogens is 246 g/mol. The average molecular weight is 267 g/mol. The Morgan fingerprint density at radius 1 is 1.58 bits per heavy atom. The van der Waals surface area contributed by atoms with Gasteiger partial charge in [0.15, 0.2) is 0 Å². The second-order valence-corrected chi connectivity index (χ2v) is 5.47. The maximum Gasteiger partial charge on any atom is 0.268 e. The number of nitrogens with zero attached hydrogens (tertiary/aromatic N) is 1. The number of carbonyl (C=O) groups excluding carboxylic acids is 1. The molecule has 1 aliphatic heterocycles. The predicted molar refractivity (Wildman–Crippen MR) is 70.4 cm³/mol. The number of furan rings is 1. The molecule has 2 heterocycles. The number of hydrogen-bond acceptors (Lipinski definition) is 5. The minimum Gasteiger partial charge on any atom is -0.464 e. The summed E-state index contributed by atoms with van der Waals surface area (Å²) >= 11 is 0. The van der Waals surface area contributed by atoms with Gasteiger partial charge in [0.25, 0.3) is 5.91 Å².